The van der Waals surface area contributed by atoms with Gasteiger partial charge in [-0.05, 0) is 44.8 Å². The van der Waals surface area contributed by atoms with E-state index in [0.717, 1.165) is 19.5 Å². The van der Waals surface area contributed by atoms with Crippen LogP contribution in [-0.2, 0) is 4.79 Å². The predicted molar refractivity (Wildman–Crippen MR) is 66.1 cm³/mol. The van der Waals surface area contributed by atoms with E-state index in [-0.39, 0.29) is 5.91 Å². The van der Waals surface area contributed by atoms with E-state index in [9.17, 15) is 4.79 Å². The molecule has 4 heteroatoms. The predicted octanol–water partition coefficient (Wildman–Crippen LogP) is 0.573. The molecule has 94 valence electrons. The van der Waals surface area contributed by atoms with Crippen molar-refractivity contribution in [2.24, 2.45) is 11.7 Å². The van der Waals surface area contributed by atoms with Crippen LogP contribution in [0.5, 0.6) is 0 Å². The van der Waals surface area contributed by atoms with Crippen molar-refractivity contribution in [1.29, 1.82) is 0 Å². The Hall–Kier alpha value is -0.610. The molecule has 0 bridgehead atoms. The van der Waals surface area contributed by atoms with E-state index in [4.69, 9.17) is 5.73 Å². The maximum Gasteiger partial charge on any atom is 0.220 e. The molecule has 1 atom stereocenters. The zero-order chi connectivity index (χ0) is 11.8. The van der Waals surface area contributed by atoms with E-state index in [2.05, 4.69) is 17.1 Å². The van der Waals surface area contributed by atoms with Gasteiger partial charge in [0.15, 0.2) is 0 Å². The standard InChI is InChI=1S/C12H25N3O/c1-11(10-15-7-2-3-8-15)9-14-12(16)5-4-6-13/h11H,2-10,13H2,1H3,(H,14,16). The number of carbonyl (C=O) groups is 1. The zero-order valence-corrected chi connectivity index (χ0v) is 10.4. The van der Waals surface area contributed by atoms with Crippen LogP contribution in [0.3, 0.4) is 0 Å². The number of nitrogens with two attached hydrogens (primary N) is 1. The summed E-state index contributed by atoms with van der Waals surface area (Å²) < 4.78 is 0. The Balaban J connectivity index is 2.04. The maximum absolute atomic E-state index is 11.4. The van der Waals surface area contributed by atoms with E-state index >= 15 is 0 Å². The minimum absolute atomic E-state index is 0.138. The maximum atomic E-state index is 11.4. The van der Waals surface area contributed by atoms with E-state index in [0.29, 0.717) is 18.9 Å². The molecule has 1 rings (SSSR count). The summed E-state index contributed by atoms with van der Waals surface area (Å²) in [6, 6.07) is 0. The highest BCUT2D eigenvalue weighted by Gasteiger charge is 2.14. The van der Waals surface area contributed by atoms with Crippen molar-refractivity contribution in [3.05, 3.63) is 0 Å². The minimum Gasteiger partial charge on any atom is -0.356 e. The Kier molecular flexibility index (Phi) is 6.42. The summed E-state index contributed by atoms with van der Waals surface area (Å²) in [4.78, 5) is 13.8. The highest BCUT2D eigenvalue weighted by Crippen LogP contribution is 2.09. The number of rotatable bonds is 7. The Labute approximate surface area is 98.6 Å². The highest BCUT2D eigenvalue weighted by molar-refractivity contribution is 5.75. The smallest absolute Gasteiger partial charge is 0.220 e. The summed E-state index contributed by atoms with van der Waals surface area (Å²) in [6.07, 6.45) is 4.00. The number of nitrogens with zero attached hydrogens (tertiary/aromatic N) is 1. The molecule has 16 heavy (non-hydrogen) atoms. The van der Waals surface area contributed by atoms with Gasteiger partial charge in [-0.25, -0.2) is 0 Å². The van der Waals surface area contributed by atoms with Gasteiger partial charge in [-0.1, -0.05) is 6.92 Å². The molecule has 0 saturated carbocycles. The normalized spacial score (nSPS) is 18.6. The summed E-state index contributed by atoms with van der Waals surface area (Å²) >= 11 is 0. The number of nitrogens with one attached hydrogen (secondary N) is 1. The van der Waals surface area contributed by atoms with Gasteiger partial charge in [-0.15, -0.1) is 0 Å². The van der Waals surface area contributed by atoms with Crippen molar-refractivity contribution in [3.8, 4) is 0 Å². The fourth-order valence-electron chi connectivity index (χ4n) is 2.11. The first-order valence-corrected chi connectivity index (χ1v) is 6.41. The molecule has 1 saturated heterocycles. The molecule has 1 unspecified atom stereocenters. The Morgan fingerprint density at radius 3 is 2.75 bits per heavy atom. The summed E-state index contributed by atoms with van der Waals surface area (Å²) in [5, 5.41) is 2.97. The first kappa shape index (κ1) is 13.5. The molecule has 1 aliphatic rings. The van der Waals surface area contributed by atoms with Crippen molar-refractivity contribution in [2.45, 2.75) is 32.6 Å². The van der Waals surface area contributed by atoms with Crippen molar-refractivity contribution in [1.82, 2.24) is 10.2 Å². The number of hydrogen-bond acceptors (Lipinski definition) is 3. The van der Waals surface area contributed by atoms with Gasteiger partial charge in [-0.2, -0.15) is 0 Å². The fraction of sp³-hybridized carbons (Fsp3) is 0.917. The topological polar surface area (TPSA) is 58.4 Å². The van der Waals surface area contributed by atoms with Crippen LogP contribution in [0.25, 0.3) is 0 Å². The molecule has 1 heterocycles. The molecular formula is C12H25N3O. The molecule has 0 aliphatic carbocycles. The summed E-state index contributed by atoms with van der Waals surface area (Å²) in [7, 11) is 0. The van der Waals surface area contributed by atoms with Crippen molar-refractivity contribution >= 4 is 5.91 Å². The van der Waals surface area contributed by atoms with Crippen LogP contribution < -0.4 is 11.1 Å². The number of amides is 1. The molecule has 1 amide bonds. The monoisotopic (exact) mass is 227 g/mol. The minimum atomic E-state index is 0.138. The second-order valence-electron chi connectivity index (χ2n) is 4.81. The van der Waals surface area contributed by atoms with Crippen molar-refractivity contribution in [2.75, 3.05) is 32.7 Å². The van der Waals surface area contributed by atoms with Gasteiger partial charge < -0.3 is 16.0 Å². The lowest BCUT2D eigenvalue weighted by Crippen LogP contribution is -2.34. The summed E-state index contributed by atoms with van der Waals surface area (Å²) in [5.74, 6) is 0.679. The van der Waals surface area contributed by atoms with Gasteiger partial charge in [0.1, 0.15) is 0 Å². The van der Waals surface area contributed by atoms with Crippen molar-refractivity contribution < 1.29 is 4.79 Å². The lowest BCUT2D eigenvalue weighted by molar-refractivity contribution is -0.121. The number of likely N-dealkylation sites (tertiary alicyclic amines) is 1. The van der Waals surface area contributed by atoms with Gasteiger partial charge in [0.2, 0.25) is 5.91 Å². The molecule has 4 nitrogen and oxygen atoms in total. The molecule has 0 aromatic heterocycles. The van der Waals surface area contributed by atoms with Crippen LogP contribution in [0.1, 0.15) is 32.6 Å². The summed E-state index contributed by atoms with van der Waals surface area (Å²) in [5.41, 5.74) is 5.35. The van der Waals surface area contributed by atoms with E-state index in [1.807, 2.05) is 0 Å². The third-order valence-corrected chi connectivity index (χ3v) is 3.02. The van der Waals surface area contributed by atoms with Crippen LogP contribution in [0, 0.1) is 5.92 Å². The molecule has 1 fully saturated rings. The van der Waals surface area contributed by atoms with E-state index in [1.54, 1.807) is 0 Å². The molecule has 1 aliphatic heterocycles. The van der Waals surface area contributed by atoms with Crippen LogP contribution in [0.15, 0.2) is 0 Å². The molecule has 3 N–H and O–H groups in total. The first-order chi connectivity index (χ1) is 7.72. The Morgan fingerprint density at radius 2 is 2.12 bits per heavy atom. The molecule has 0 aromatic carbocycles. The van der Waals surface area contributed by atoms with E-state index < -0.39 is 0 Å². The Bertz CT molecular complexity index is 202. The van der Waals surface area contributed by atoms with Gasteiger partial charge in [0.25, 0.3) is 0 Å². The molecule has 0 radical (unpaired) electrons. The molecular weight excluding hydrogens is 202 g/mol. The van der Waals surface area contributed by atoms with Crippen LogP contribution >= 0.6 is 0 Å². The fourth-order valence-corrected chi connectivity index (χ4v) is 2.11. The molecule has 0 spiro atoms. The average molecular weight is 227 g/mol. The van der Waals surface area contributed by atoms with Crippen LogP contribution in [0.4, 0.5) is 0 Å². The quantitative estimate of drug-likeness (QED) is 0.668. The number of hydrogen-bond donors (Lipinski definition) is 2. The van der Waals surface area contributed by atoms with Crippen LogP contribution in [0.2, 0.25) is 0 Å². The van der Waals surface area contributed by atoms with Gasteiger partial charge in [-0.3, -0.25) is 4.79 Å². The Morgan fingerprint density at radius 1 is 1.44 bits per heavy atom. The second kappa shape index (κ2) is 7.63. The molecule has 0 aromatic rings. The third kappa shape index (κ3) is 5.47. The van der Waals surface area contributed by atoms with Gasteiger partial charge in [0, 0.05) is 19.5 Å². The van der Waals surface area contributed by atoms with Gasteiger partial charge in [0.05, 0.1) is 0 Å². The first-order valence-electron chi connectivity index (χ1n) is 6.41. The highest BCUT2D eigenvalue weighted by atomic mass is 16.1. The lowest BCUT2D eigenvalue weighted by Gasteiger charge is -2.20. The summed E-state index contributed by atoms with van der Waals surface area (Å²) in [6.45, 7) is 7.15. The van der Waals surface area contributed by atoms with E-state index in [1.165, 1.54) is 25.9 Å². The number of carbonyl (C=O) groups excluding carboxylic acids is 1. The SMILES string of the molecule is CC(CNC(=O)CCCN)CN1CCCC1. The third-order valence-electron chi connectivity index (χ3n) is 3.02. The second-order valence-corrected chi connectivity index (χ2v) is 4.81. The lowest BCUT2D eigenvalue weighted by atomic mass is 10.1. The van der Waals surface area contributed by atoms with Crippen LogP contribution in [-0.4, -0.2) is 43.5 Å². The van der Waals surface area contributed by atoms with Crippen molar-refractivity contribution in [3.63, 3.8) is 0 Å². The zero-order valence-electron chi connectivity index (χ0n) is 10.4. The average Bonchev–Trinajstić information content (AvgIpc) is 2.76. The van der Waals surface area contributed by atoms with Gasteiger partial charge >= 0.3 is 0 Å². The largest absolute Gasteiger partial charge is 0.356 e.